The van der Waals surface area contributed by atoms with Crippen LogP contribution in [0, 0.1) is 5.92 Å². The zero-order valence-electron chi connectivity index (χ0n) is 11.3. The van der Waals surface area contributed by atoms with Crippen LogP contribution in [0.1, 0.15) is 19.8 Å². The number of rotatable bonds is 5. The summed E-state index contributed by atoms with van der Waals surface area (Å²) >= 11 is 0. The molecule has 0 aliphatic carbocycles. The Morgan fingerprint density at radius 1 is 1.22 bits per heavy atom. The molecule has 0 radical (unpaired) electrons. The third-order valence-corrected chi connectivity index (χ3v) is 3.43. The van der Waals surface area contributed by atoms with Gasteiger partial charge in [0.05, 0.1) is 0 Å². The Morgan fingerprint density at radius 2 is 1.89 bits per heavy atom. The Labute approximate surface area is 109 Å². The minimum atomic E-state index is 0.763. The maximum absolute atomic E-state index is 4.25. The first-order chi connectivity index (χ1) is 8.78. The lowest BCUT2D eigenvalue weighted by molar-refractivity contribution is 0.226. The molecule has 18 heavy (non-hydrogen) atoms. The van der Waals surface area contributed by atoms with E-state index in [4.69, 9.17) is 0 Å². The molecule has 1 saturated heterocycles. The molecule has 2 N–H and O–H groups in total. The Morgan fingerprint density at radius 3 is 2.56 bits per heavy atom. The van der Waals surface area contributed by atoms with Crippen molar-refractivity contribution in [3.63, 3.8) is 0 Å². The lowest BCUT2D eigenvalue weighted by Crippen LogP contribution is -2.33. The van der Waals surface area contributed by atoms with Crippen molar-refractivity contribution >= 4 is 11.6 Å². The van der Waals surface area contributed by atoms with Crippen molar-refractivity contribution in [1.82, 2.24) is 14.9 Å². The second kappa shape index (κ2) is 6.54. The molecular weight excluding hydrogens is 226 g/mol. The van der Waals surface area contributed by atoms with Crippen LogP contribution >= 0.6 is 0 Å². The van der Waals surface area contributed by atoms with Crippen molar-refractivity contribution in [1.29, 1.82) is 0 Å². The highest BCUT2D eigenvalue weighted by Crippen LogP contribution is 2.17. The zero-order valence-corrected chi connectivity index (χ0v) is 11.3. The molecule has 2 rings (SSSR count). The minimum absolute atomic E-state index is 0.763. The third kappa shape index (κ3) is 3.84. The average molecular weight is 249 g/mol. The fraction of sp³-hybridized carbons (Fsp3) is 0.692. The molecule has 1 aliphatic rings. The van der Waals surface area contributed by atoms with Gasteiger partial charge >= 0.3 is 0 Å². The van der Waals surface area contributed by atoms with E-state index in [9.17, 15) is 0 Å². The lowest BCUT2D eigenvalue weighted by Gasteiger charge is -2.29. The molecule has 0 aromatic carbocycles. The van der Waals surface area contributed by atoms with Crippen LogP contribution in [0.15, 0.2) is 12.4 Å². The number of likely N-dealkylation sites (tertiary alicyclic amines) is 1. The van der Waals surface area contributed by atoms with Crippen LogP contribution < -0.4 is 10.6 Å². The highest BCUT2D eigenvalue weighted by atomic mass is 15.1. The molecule has 0 saturated carbocycles. The van der Waals surface area contributed by atoms with E-state index in [-0.39, 0.29) is 0 Å². The van der Waals surface area contributed by atoms with Gasteiger partial charge in [-0.3, -0.25) is 0 Å². The number of hydrogen-bond donors (Lipinski definition) is 2. The highest BCUT2D eigenvalue weighted by Gasteiger charge is 2.16. The summed E-state index contributed by atoms with van der Waals surface area (Å²) in [4.78, 5) is 10.8. The highest BCUT2D eigenvalue weighted by molar-refractivity contribution is 5.46. The smallest absolute Gasteiger partial charge is 0.131 e. The third-order valence-electron chi connectivity index (χ3n) is 3.43. The van der Waals surface area contributed by atoms with Gasteiger partial charge < -0.3 is 15.5 Å². The predicted molar refractivity (Wildman–Crippen MR) is 74.9 cm³/mol. The summed E-state index contributed by atoms with van der Waals surface area (Å²) in [6.45, 7) is 6.37. The molecule has 1 fully saturated rings. The topological polar surface area (TPSA) is 53.1 Å². The van der Waals surface area contributed by atoms with Crippen LogP contribution in [-0.2, 0) is 0 Å². The van der Waals surface area contributed by atoms with Crippen molar-refractivity contribution in [2.24, 2.45) is 5.92 Å². The van der Waals surface area contributed by atoms with Crippen LogP contribution in [0.4, 0.5) is 11.6 Å². The van der Waals surface area contributed by atoms with Gasteiger partial charge in [0, 0.05) is 19.2 Å². The second-order valence-electron chi connectivity index (χ2n) is 4.95. The van der Waals surface area contributed by atoms with Crippen LogP contribution in [0.3, 0.4) is 0 Å². The Balaban J connectivity index is 1.80. The molecule has 0 spiro atoms. The van der Waals surface area contributed by atoms with E-state index >= 15 is 0 Å². The summed E-state index contributed by atoms with van der Waals surface area (Å²) in [5, 5.41) is 6.61. The number of piperidine rings is 1. The molecule has 1 aromatic rings. The van der Waals surface area contributed by atoms with Crippen LogP contribution in [0.25, 0.3) is 0 Å². The molecule has 100 valence electrons. The maximum atomic E-state index is 4.25. The number of nitrogens with zero attached hydrogens (tertiary/aromatic N) is 3. The molecule has 0 bridgehead atoms. The first kappa shape index (κ1) is 13.1. The van der Waals surface area contributed by atoms with Crippen LogP contribution in [0.2, 0.25) is 0 Å². The van der Waals surface area contributed by atoms with Crippen molar-refractivity contribution in [3.05, 3.63) is 12.4 Å². The van der Waals surface area contributed by atoms with Crippen molar-refractivity contribution in [2.45, 2.75) is 19.8 Å². The van der Waals surface area contributed by atoms with Gasteiger partial charge in [-0.25, -0.2) is 9.97 Å². The molecule has 1 aliphatic heterocycles. The van der Waals surface area contributed by atoms with E-state index in [1.807, 2.05) is 6.07 Å². The molecule has 0 unspecified atom stereocenters. The van der Waals surface area contributed by atoms with Gasteiger partial charge in [-0.2, -0.15) is 0 Å². The second-order valence-corrected chi connectivity index (χ2v) is 4.95. The fourth-order valence-corrected chi connectivity index (χ4v) is 2.25. The molecule has 0 amide bonds. The summed E-state index contributed by atoms with van der Waals surface area (Å²) in [5.41, 5.74) is 0. The molecular formula is C13H23N5. The largest absolute Gasteiger partial charge is 0.370 e. The summed E-state index contributed by atoms with van der Waals surface area (Å²) in [5.74, 6) is 2.57. The van der Waals surface area contributed by atoms with E-state index in [0.717, 1.165) is 30.6 Å². The Hall–Kier alpha value is -1.36. The number of nitrogens with one attached hydrogen (secondary N) is 2. The minimum Gasteiger partial charge on any atom is -0.370 e. The molecule has 5 nitrogen and oxygen atoms in total. The van der Waals surface area contributed by atoms with E-state index in [2.05, 4.69) is 39.5 Å². The van der Waals surface area contributed by atoms with Crippen LogP contribution in [0.5, 0.6) is 0 Å². The summed E-state index contributed by atoms with van der Waals surface area (Å²) in [7, 11) is 2.19. The normalized spacial score (nSPS) is 17.7. The van der Waals surface area contributed by atoms with Crippen molar-refractivity contribution < 1.29 is 0 Å². The molecule has 0 atom stereocenters. The lowest BCUT2D eigenvalue weighted by atomic mass is 9.97. The number of anilines is 2. The number of hydrogen-bond acceptors (Lipinski definition) is 5. The monoisotopic (exact) mass is 249 g/mol. The zero-order chi connectivity index (χ0) is 12.8. The SMILES string of the molecule is CCNc1cc(NCC2CCN(C)CC2)ncn1. The van der Waals surface area contributed by atoms with Gasteiger partial charge in [0.2, 0.25) is 0 Å². The summed E-state index contributed by atoms with van der Waals surface area (Å²) < 4.78 is 0. The van der Waals surface area contributed by atoms with Crippen molar-refractivity contribution in [2.75, 3.05) is 43.9 Å². The first-order valence-corrected chi connectivity index (χ1v) is 6.76. The van der Waals surface area contributed by atoms with Gasteiger partial charge in [-0.15, -0.1) is 0 Å². The van der Waals surface area contributed by atoms with Crippen molar-refractivity contribution in [3.8, 4) is 0 Å². The molecule has 5 heteroatoms. The van der Waals surface area contributed by atoms with E-state index in [0.29, 0.717) is 0 Å². The van der Waals surface area contributed by atoms with Gasteiger partial charge in [-0.05, 0) is 45.8 Å². The van der Waals surface area contributed by atoms with E-state index < -0.39 is 0 Å². The average Bonchev–Trinajstić information content (AvgIpc) is 2.39. The fourth-order valence-electron chi connectivity index (χ4n) is 2.25. The summed E-state index contributed by atoms with van der Waals surface area (Å²) in [6.07, 6.45) is 4.15. The van der Waals surface area contributed by atoms with Crippen LogP contribution in [-0.4, -0.2) is 48.1 Å². The first-order valence-electron chi connectivity index (χ1n) is 6.76. The van der Waals surface area contributed by atoms with Gasteiger partial charge in [0.1, 0.15) is 18.0 Å². The number of aromatic nitrogens is 2. The van der Waals surface area contributed by atoms with Gasteiger partial charge in [0.15, 0.2) is 0 Å². The van der Waals surface area contributed by atoms with E-state index in [1.54, 1.807) is 6.33 Å². The van der Waals surface area contributed by atoms with E-state index in [1.165, 1.54) is 25.9 Å². The standard InChI is InChI=1S/C13H23N5/c1-3-14-12-8-13(17-10-16-12)15-9-11-4-6-18(2)7-5-11/h8,10-11H,3-7,9H2,1-2H3,(H2,14,15,16,17). The Kier molecular flexibility index (Phi) is 4.75. The molecule has 2 heterocycles. The Bertz CT molecular complexity index is 360. The van der Waals surface area contributed by atoms with Gasteiger partial charge in [-0.1, -0.05) is 0 Å². The predicted octanol–water partition coefficient (Wildman–Crippen LogP) is 1.66. The molecule has 1 aromatic heterocycles. The van der Waals surface area contributed by atoms with Gasteiger partial charge in [0.25, 0.3) is 0 Å². The quantitative estimate of drug-likeness (QED) is 0.831. The summed E-state index contributed by atoms with van der Waals surface area (Å²) in [6, 6.07) is 1.97. The maximum Gasteiger partial charge on any atom is 0.131 e.